The molecule has 0 unspecified atom stereocenters. The molecule has 0 saturated heterocycles. The monoisotopic (exact) mass is 379 g/mol. The Morgan fingerprint density at radius 2 is 1.96 bits per heavy atom. The number of nitrogens with one attached hydrogen (secondary N) is 1. The van der Waals surface area contributed by atoms with Gasteiger partial charge in [-0.25, -0.2) is 13.8 Å². The van der Waals surface area contributed by atoms with Crippen molar-refractivity contribution in [3.63, 3.8) is 0 Å². The molecule has 0 saturated carbocycles. The molecule has 3 aromatic heterocycles. The van der Waals surface area contributed by atoms with Crippen molar-refractivity contribution >= 4 is 16.9 Å². The van der Waals surface area contributed by atoms with Crippen LogP contribution in [0.2, 0.25) is 0 Å². The van der Waals surface area contributed by atoms with Gasteiger partial charge in [0.25, 0.3) is 5.56 Å². The Kier molecular flexibility index (Phi) is 4.58. The van der Waals surface area contributed by atoms with Crippen molar-refractivity contribution in [1.29, 1.82) is 0 Å². The number of carbonyl (C=O) groups excluding carboxylic acids is 1. The number of fused-ring (bicyclic) bond motifs is 1. The van der Waals surface area contributed by atoms with Gasteiger partial charge in [-0.2, -0.15) is 5.10 Å². The Labute approximate surface area is 157 Å². The average Bonchev–Trinajstić information content (AvgIpc) is 3.15. The minimum absolute atomic E-state index is 0.208. The van der Waals surface area contributed by atoms with Gasteiger partial charge in [0.1, 0.15) is 17.7 Å². The summed E-state index contributed by atoms with van der Waals surface area (Å²) in [6.07, 6.45) is 4.63. The average molecular weight is 379 g/mol. The molecule has 0 aliphatic heterocycles. The highest BCUT2D eigenvalue weighted by Crippen LogP contribution is 2.13. The van der Waals surface area contributed by atoms with Crippen LogP contribution in [-0.2, 0) is 17.9 Å². The molecule has 0 aliphatic carbocycles. The van der Waals surface area contributed by atoms with Crippen molar-refractivity contribution in [2.75, 3.05) is 0 Å². The van der Waals surface area contributed by atoms with E-state index in [-0.39, 0.29) is 29.3 Å². The van der Waals surface area contributed by atoms with Crippen LogP contribution >= 0.6 is 0 Å². The van der Waals surface area contributed by atoms with Crippen LogP contribution < -0.4 is 10.9 Å². The standard InChI is InChI=1S/C18H14FN7O2/c19-13-3-5-14(6-4-13)26-17-15(10-22-26)18(28)25(24-23-17)11-16(27)21-9-12-2-1-7-20-8-12/h1-8,10H,9,11H2,(H,21,27). The molecular formula is C18H14FN7O2. The summed E-state index contributed by atoms with van der Waals surface area (Å²) in [4.78, 5) is 28.7. The molecule has 4 rings (SSSR count). The van der Waals surface area contributed by atoms with Crippen molar-refractivity contribution in [2.45, 2.75) is 13.1 Å². The van der Waals surface area contributed by atoms with E-state index in [1.807, 2.05) is 6.07 Å². The summed E-state index contributed by atoms with van der Waals surface area (Å²) in [6.45, 7) is 0.0172. The minimum atomic E-state index is -0.491. The number of pyridine rings is 1. The number of benzene rings is 1. The van der Waals surface area contributed by atoms with E-state index in [1.54, 1.807) is 18.5 Å². The molecule has 3 heterocycles. The first-order chi connectivity index (χ1) is 13.6. The maximum Gasteiger partial charge on any atom is 0.281 e. The Hall–Kier alpha value is -3.95. The summed E-state index contributed by atoms with van der Waals surface area (Å²) < 4.78 is 15.5. The van der Waals surface area contributed by atoms with Crippen LogP contribution in [0.15, 0.2) is 59.8 Å². The molecule has 0 fully saturated rings. The summed E-state index contributed by atoms with van der Waals surface area (Å²) in [5.41, 5.74) is 1.11. The van der Waals surface area contributed by atoms with Gasteiger partial charge in [0.05, 0.1) is 11.9 Å². The zero-order chi connectivity index (χ0) is 19.5. The molecule has 1 amide bonds. The second-order valence-electron chi connectivity index (χ2n) is 5.96. The van der Waals surface area contributed by atoms with E-state index < -0.39 is 5.56 Å². The van der Waals surface area contributed by atoms with Crippen LogP contribution in [0.4, 0.5) is 4.39 Å². The van der Waals surface area contributed by atoms with E-state index in [0.29, 0.717) is 12.2 Å². The summed E-state index contributed by atoms with van der Waals surface area (Å²) >= 11 is 0. The molecule has 10 heteroatoms. The van der Waals surface area contributed by atoms with Gasteiger partial charge in [0.15, 0.2) is 5.65 Å². The zero-order valence-corrected chi connectivity index (χ0v) is 14.5. The topological polar surface area (TPSA) is 108 Å². The van der Waals surface area contributed by atoms with Gasteiger partial charge < -0.3 is 5.32 Å². The summed E-state index contributed by atoms with van der Waals surface area (Å²) in [5.74, 6) is -0.767. The van der Waals surface area contributed by atoms with Gasteiger partial charge in [-0.1, -0.05) is 11.3 Å². The lowest BCUT2D eigenvalue weighted by Crippen LogP contribution is -2.34. The normalized spacial score (nSPS) is 10.9. The third-order valence-electron chi connectivity index (χ3n) is 4.03. The third-order valence-corrected chi connectivity index (χ3v) is 4.03. The second-order valence-corrected chi connectivity index (χ2v) is 5.96. The SMILES string of the molecule is O=C(Cn1nnc2c(cnn2-c2ccc(F)cc2)c1=O)NCc1cccnc1. The number of nitrogens with zero attached hydrogens (tertiary/aromatic N) is 6. The number of carbonyl (C=O) groups is 1. The fraction of sp³-hybridized carbons (Fsp3) is 0.111. The van der Waals surface area contributed by atoms with Crippen LogP contribution in [0.3, 0.4) is 0 Å². The van der Waals surface area contributed by atoms with Crippen LogP contribution in [0.5, 0.6) is 0 Å². The van der Waals surface area contributed by atoms with Crippen molar-refractivity contribution in [3.05, 3.63) is 76.7 Å². The molecule has 4 aromatic rings. The van der Waals surface area contributed by atoms with E-state index in [2.05, 4.69) is 25.7 Å². The molecule has 0 radical (unpaired) electrons. The van der Waals surface area contributed by atoms with Gasteiger partial charge >= 0.3 is 0 Å². The third kappa shape index (κ3) is 3.47. The molecule has 0 atom stereocenters. The highest BCUT2D eigenvalue weighted by Gasteiger charge is 2.14. The molecule has 0 bridgehead atoms. The molecule has 0 spiro atoms. The van der Waals surface area contributed by atoms with E-state index in [9.17, 15) is 14.0 Å². The Morgan fingerprint density at radius 1 is 1.14 bits per heavy atom. The molecule has 9 nitrogen and oxygen atoms in total. The largest absolute Gasteiger partial charge is 0.350 e. The number of aromatic nitrogens is 6. The van der Waals surface area contributed by atoms with Gasteiger partial charge in [0.2, 0.25) is 5.91 Å². The number of rotatable bonds is 5. The Bertz CT molecular complexity index is 1190. The summed E-state index contributed by atoms with van der Waals surface area (Å²) in [5, 5.41) is 14.9. The number of halogens is 1. The van der Waals surface area contributed by atoms with Crippen LogP contribution in [0.1, 0.15) is 5.56 Å². The molecule has 28 heavy (non-hydrogen) atoms. The van der Waals surface area contributed by atoms with E-state index in [4.69, 9.17) is 0 Å². The van der Waals surface area contributed by atoms with Gasteiger partial charge in [0, 0.05) is 18.9 Å². The quantitative estimate of drug-likeness (QED) is 0.550. The fourth-order valence-electron chi connectivity index (χ4n) is 2.64. The lowest BCUT2D eigenvalue weighted by Gasteiger charge is -2.06. The predicted octanol–water partition coefficient (Wildman–Crippen LogP) is 0.828. The van der Waals surface area contributed by atoms with Crippen molar-refractivity contribution < 1.29 is 9.18 Å². The molecular weight excluding hydrogens is 365 g/mol. The molecule has 1 aromatic carbocycles. The fourth-order valence-corrected chi connectivity index (χ4v) is 2.64. The molecule has 140 valence electrons. The lowest BCUT2D eigenvalue weighted by molar-refractivity contribution is -0.122. The summed E-state index contributed by atoms with van der Waals surface area (Å²) in [6, 6.07) is 9.19. The van der Waals surface area contributed by atoms with Gasteiger partial charge in [-0.15, -0.1) is 5.10 Å². The molecule has 1 N–H and O–H groups in total. The van der Waals surface area contributed by atoms with Crippen molar-refractivity contribution in [3.8, 4) is 5.69 Å². The first kappa shape index (κ1) is 17.5. The first-order valence-electron chi connectivity index (χ1n) is 8.35. The van der Waals surface area contributed by atoms with E-state index >= 15 is 0 Å². The van der Waals surface area contributed by atoms with Gasteiger partial charge in [-0.05, 0) is 35.9 Å². The van der Waals surface area contributed by atoms with Crippen LogP contribution in [0.25, 0.3) is 16.7 Å². The predicted molar refractivity (Wildman–Crippen MR) is 97.0 cm³/mol. The number of amides is 1. The Morgan fingerprint density at radius 3 is 2.71 bits per heavy atom. The van der Waals surface area contributed by atoms with E-state index in [0.717, 1.165) is 10.2 Å². The second kappa shape index (κ2) is 7.35. The Balaban J connectivity index is 1.54. The number of hydrogen-bond acceptors (Lipinski definition) is 6. The van der Waals surface area contributed by atoms with Crippen LogP contribution in [-0.4, -0.2) is 35.7 Å². The van der Waals surface area contributed by atoms with Gasteiger partial charge in [-0.3, -0.25) is 14.6 Å². The van der Waals surface area contributed by atoms with Crippen LogP contribution in [0, 0.1) is 5.82 Å². The zero-order valence-electron chi connectivity index (χ0n) is 14.5. The summed E-state index contributed by atoms with van der Waals surface area (Å²) in [7, 11) is 0. The van der Waals surface area contributed by atoms with Crippen molar-refractivity contribution in [2.24, 2.45) is 0 Å². The van der Waals surface area contributed by atoms with E-state index in [1.165, 1.54) is 35.1 Å². The number of hydrogen-bond donors (Lipinski definition) is 1. The maximum absolute atomic E-state index is 13.1. The molecule has 0 aliphatic rings. The highest BCUT2D eigenvalue weighted by molar-refractivity contribution is 5.77. The smallest absolute Gasteiger partial charge is 0.281 e. The highest BCUT2D eigenvalue weighted by atomic mass is 19.1. The lowest BCUT2D eigenvalue weighted by atomic mass is 10.3. The maximum atomic E-state index is 13.1. The van der Waals surface area contributed by atoms with Crippen molar-refractivity contribution in [1.82, 2.24) is 35.1 Å². The minimum Gasteiger partial charge on any atom is -0.350 e. The first-order valence-corrected chi connectivity index (χ1v) is 8.35.